The highest BCUT2D eigenvalue weighted by atomic mass is 16.5. The smallest absolute Gasteiger partial charge is 0.310 e. The standard InChI is InChI=1S/C20H31NO3/c1-5-6-14-21(15-17(3)20(23)24-4)19(22)9-7-8-18-12-10-16(2)11-13-18/h10-13,17H,5-9,14-15H2,1-4H3. The first-order chi connectivity index (χ1) is 11.5. The fourth-order valence-electron chi connectivity index (χ4n) is 2.63. The minimum absolute atomic E-state index is 0.131. The zero-order valence-corrected chi connectivity index (χ0v) is 15.5. The van der Waals surface area contributed by atoms with Gasteiger partial charge in [0.15, 0.2) is 0 Å². The molecule has 1 amide bonds. The second-order valence-electron chi connectivity index (χ2n) is 6.46. The van der Waals surface area contributed by atoms with Crippen molar-refractivity contribution in [2.45, 2.75) is 52.9 Å². The van der Waals surface area contributed by atoms with Crippen molar-refractivity contribution in [1.29, 1.82) is 0 Å². The second-order valence-corrected chi connectivity index (χ2v) is 6.46. The molecule has 1 rings (SSSR count). The van der Waals surface area contributed by atoms with Crippen molar-refractivity contribution in [3.05, 3.63) is 35.4 Å². The Kier molecular flexibility index (Phi) is 9.13. The van der Waals surface area contributed by atoms with Crippen molar-refractivity contribution in [2.24, 2.45) is 5.92 Å². The molecule has 0 aliphatic carbocycles. The van der Waals surface area contributed by atoms with Crippen molar-refractivity contribution in [1.82, 2.24) is 4.90 Å². The van der Waals surface area contributed by atoms with Crippen LogP contribution < -0.4 is 0 Å². The number of benzene rings is 1. The summed E-state index contributed by atoms with van der Waals surface area (Å²) in [7, 11) is 1.39. The van der Waals surface area contributed by atoms with Gasteiger partial charge in [-0.3, -0.25) is 9.59 Å². The van der Waals surface area contributed by atoms with Gasteiger partial charge in [0.05, 0.1) is 13.0 Å². The Bertz CT molecular complexity index is 510. The van der Waals surface area contributed by atoms with Gasteiger partial charge in [-0.1, -0.05) is 50.1 Å². The minimum atomic E-state index is -0.284. The van der Waals surface area contributed by atoms with Crippen LogP contribution in [0.1, 0.15) is 50.7 Å². The molecule has 0 saturated heterocycles. The van der Waals surface area contributed by atoms with E-state index in [-0.39, 0.29) is 17.8 Å². The number of hydrogen-bond donors (Lipinski definition) is 0. The summed E-state index contributed by atoms with van der Waals surface area (Å²) in [4.78, 5) is 25.9. The van der Waals surface area contributed by atoms with E-state index in [9.17, 15) is 9.59 Å². The third-order valence-electron chi connectivity index (χ3n) is 4.21. The molecule has 0 aliphatic rings. The molecule has 0 radical (unpaired) electrons. The molecule has 0 bridgehead atoms. The molecule has 1 aromatic rings. The molecule has 0 N–H and O–H groups in total. The summed E-state index contributed by atoms with van der Waals surface area (Å²) >= 11 is 0. The molecular formula is C20H31NO3. The number of carbonyl (C=O) groups is 2. The van der Waals surface area contributed by atoms with E-state index in [2.05, 4.69) is 38.1 Å². The lowest BCUT2D eigenvalue weighted by molar-refractivity contribution is -0.146. The number of methoxy groups -OCH3 is 1. The Morgan fingerprint density at radius 3 is 2.42 bits per heavy atom. The van der Waals surface area contributed by atoms with Gasteiger partial charge in [0.25, 0.3) is 0 Å². The summed E-state index contributed by atoms with van der Waals surface area (Å²) in [5, 5.41) is 0. The Morgan fingerprint density at radius 2 is 1.83 bits per heavy atom. The van der Waals surface area contributed by atoms with Gasteiger partial charge in [-0.2, -0.15) is 0 Å². The lowest BCUT2D eigenvalue weighted by Gasteiger charge is -2.25. The number of carbonyl (C=O) groups excluding carboxylic acids is 2. The number of amides is 1. The van der Waals surface area contributed by atoms with E-state index in [1.165, 1.54) is 18.2 Å². The second kappa shape index (κ2) is 10.8. The van der Waals surface area contributed by atoms with Gasteiger partial charge in [0.1, 0.15) is 0 Å². The summed E-state index contributed by atoms with van der Waals surface area (Å²) in [6, 6.07) is 8.44. The average molecular weight is 333 g/mol. The summed E-state index contributed by atoms with van der Waals surface area (Å²) in [6.45, 7) is 7.13. The summed E-state index contributed by atoms with van der Waals surface area (Å²) in [6.07, 6.45) is 4.24. The molecule has 0 aromatic heterocycles. The summed E-state index contributed by atoms with van der Waals surface area (Å²) in [5.74, 6) is -0.414. The molecular weight excluding hydrogens is 302 g/mol. The lowest BCUT2D eigenvalue weighted by atomic mass is 10.1. The van der Waals surface area contributed by atoms with E-state index in [0.29, 0.717) is 19.5 Å². The van der Waals surface area contributed by atoms with Crippen LogP contribution in [0.25, 0.3) is 0 Å². The molecule has 1 aromatic carbocycles. The molecule has 1 atom stereocenters. The van der Waals surface area contributed by atoms with Crippen LogP contribution in [0, 0.1) is 12.8 Å². The van der Waals surface area contributed by atoms with Crippen molar-refractivity contribution in [3.63, 3.8) is 0 Å². The molecule has 24 heavy (non-hydrogen) atoms. The van der Waals surface area contributed by atoms with E-state index in [1.54, 1.807) is 0 Å². The third-order valence-corrected chi connectivity index (χ3v) is 4.21. The third kappa shape index (κ3) is 7.16. The zero-order valence-electron chi connectivity index (χ0n) is 15.5. The topological polar surface area (TPSA) is 46.6 Å². The quantitative estimate of drug-likeness (QED) is 0.613. The van der Waals surface area contributed by atoms with Crippen LogP contribution in [-0.4, -0.2) is 37.0 Å². The normalized spacial score (nSPS) is 11.8. The number of rotatable bonds is 10. The molecule has 0 spiro atoms. The van der Waals surface area contributed by atoms with Crippen LogP contribution in [0.3, 0.4) is 0 Å². The van der Waals surface area contributed by atoms with Crippen LogP contribution in [0.4, 0.5) is 0 Å². The molecule has 1 unspecified atom stereocenters. The highest BCUT2D eigenvalue weighted by Gasteiger charge is 2.20. The number of ether oxygens (including phenoxy) is 1. The largest absolute Gasteiger partial charge is 0.469 e. The Balaban J connectivity index is 2.50. The number of nitrogens with zero attached hydrogens (tertiary/aromatic N) is 1. The maximum absolute atomic E-state index is 12.5. The number of unbranched alkanes of at least 4 members (excludes halogenated alkanes) is 1. The monoisotopic (exact) mass is 333 g/mol. The summed E-state index contributed by atoms with van der Waals surface area (Å²) < 4.78 is 4.77. The highest BCUT2D eigenvalue weighted by molar-refractivity contribution is 5.78. The fourth-order valence-corrected chi connectivity index (χ4v) is 2.63. The SMILES string of the molecule is CCCCN(CC(C)C(=O)OC)C(=O)CCCc1ccc(C)cc1. The maximum atomic E-state index is 12.5. The Morgan fingerprint density at radius 1 is 1.17 bits per heavy atom. The van der Waals surface area contributed by atoms with Crippen LogP contribution in [-0.2, 0) is 20.7 Å². The van der Waals surface area contributed by atoms with Crippen molar-refractivity contribution in [2.75, 3.05) is 20.2 Å². The first kappa shape index (κ1) is 20.2. The first-order valence-electron chi connectivity index (χ1n) is 8.89. The predicted molar refractivity (Wildman–Crippen MR) is 96.8 cm³/mol. The van der Waals surface area contributed by atoms with Gasteiger partial charge in [-0.15, -0.1) is 0 Å². The minimum Gasteiger partial charge on any atom is -0.469 e. The van der Waals surface area contributed by atoms with E-state index < -0.39 is 0 Å². The molecule has 0 fully saturated rings. The van der Waals surface area contributed by atoms with Crippen LogP contribution in [0.2, 0.25) is 0 Å². The predicted octanol–water partition coefficient (Wildman–Crippen LogP) is 3.76. The maximum Gasteiger partial charge on any atom is 0.310 e. The first-order valence-corrected chi connectivity index (χ1v) is 8.89. The molecule has 0 heterocycles. The van der Waals surface area contributed by atoms with Gasteiger partial charge >= 0.3 is 5.97 Å². The van der Waals surface area contributed by atoms with E-state index >= 15 is 0 Å². The van der Waals surface area contributed by atoms with Crippen LogP contribution >= 0.6 is 0 Å². The molecule has 0 aliphatic heterocycles. The summed E-state index contributed by atoms with van der Waals surface area (Å²) in [5.41, 5.74) is 2.51. The van der Waals surface area contributed by atoms with Gasteiger partial charge in [-0.25, -0.2) is 0 Å². The van der Waals surface area contributed by atoms with Gasteiger partial charge in [-0.05, 0) is 31.7 Å². The van der Waals surface area contributed by atoms with Gasteiger partial charge < -0.3 is 9.64 Å². The molecule has 134 valence electrons. The molecule has 0 saturated carbocycles. The fraction of sp³-hybridized carbons (Fsp3) is 0.600. The van der Waals surface area contributed by atoms with Crippen molar-refractivity contribution >= 4 is 11.9 Å². The number of esters is 1. The Hall–Kier alpha value is -1.84. The van der Waals surface area contributed by atoms with Crippen LogP contribution in [0.15, 0.2) is 24.3 Å². The lowest BCUT2D eigenvalue weighted by Crippen LogP contribution is -2.37. The average Bonchev–Trinajstić information content (AvgIpc) is 2.59. The van der Waals surface area contributed by atoms with Crippen LogP contribution in [0.5, 0.6) is 0 Å². The number of aryl methyl sites for hydroxylation is 2. The molecule has 4 heteroatoms. The Labute approximate surface area is 146 Å². The highest BCUT2D eigenvalue weighted by Crippen LogP contribution is 2.11. The van der Waals surface area contributed by atoms with E-state index in [0.717, 1.165) is 25.7 Å². The number of hydrogen-bond acceptors (Lipinski definition) is 3. The van der Waals surface area contributed by atoms with Gasteiger partial charge in [0.2, 0.25) is 5.91 Å². The zero-order chi connectivity index (χ0) is 17.9. The van der Waals surface area contributed by atoms with E-state index in [1.807, 2.05) is 11.8 Å². The van der Waals surface area contributed by atoms with Crippen molar-refractivity contribution < 1.29 is 14.3 Å². The molecule has 4 nitrogen and oxygen atoms in total. The van der Waals surface area contributed by atoms with Crippen molar-refractivity contribution in [3.8, 4) is 0 Å². The van der Waals surface area contributed by atoms with Gasteiger partial charge in [0, 0.05) is 19.5 Å². The van der Waals surface area contributed by atoms with E-state index in [4.69, 9.17) is 4.74 Å².